The van der Waals surface area contributed by atoms with E-state index in [0.717, 1.165) is 12.0 Å². The van der Waals surface area contributed by atoms with Gasteiger partial charge in [0, 0.05) is 19.3 Å². The smallest absolute Gasteiger partial charge is 0.267 e. The summed E-state index contributed by atoms with van der Waals surface area (Å²) in [6.07, 6.45) is 5.82. The Bertz CT molecular complexity index is 1030. The molecule has 1 amide bonds. The van der Waals surface area contributed by atoms with Crippen LogP contribution in [0.2, 0.25) is 0 Å². The quantitative estimate of drug-likeness (QED) is 0.456. The summed E-state index contributed by atoms with van der Waals surface area (Å²) in [6.45, 7) is 8.60. The number of thioether (sulfide) groups is 1. The first-order valence-corrected chi connectivity index (χ1v) is 9.82. The molecule has 27 heavy (non-hydrogen) atoms. The second-order valence-corrected chi connectivity index (χ2v) is 7.79. The number of rotatable bonds is 6. The number of carbonyl (C=O) groups is 1. The molecule has 2 aromatic heterocycles. The number of pyridine rings is 1. The number of thiocarbonyl (C=S) groups is 1. The number of nitrogens with one attached hydrogen (secondary N) is 1. The zero-order valence-electron chi connectivity index (χ0n) is 15.2. The van der Waals surface area contributed by atoms with Gasteiger partial charge in [-0.2, -0.15) is 0 Å². The van der Waals surface area contributed by atoms with Crippen molar-refractivity contribution in [2.75, 3.05) is 18.4 Å². The van der Waals surface area contributed by atoms with Crippen LogP contribution in [0.1, 0.15) is 24.5 Å². The van der Waals surface area contributed by atoms with Crippen molar-refractivity contribution in [3.8, 4) is 0 Å². The van der Waals surface area contributed by atoms with Crippen LogP contribution in [0, 0.1) is 6.92 Å². The molecule has 3 rings (SSSR count). The Balaban J connectivity index is 2.15. The number of fused-ring (bicyclic) bond motifs is 1. The van der Waals surface area contributed by atoms with Crippen molar-refractivity contribution in [1.82, 2.24) is 14.3 Å². The van der Waals surface area contributed by atoms with Crippen LogP contribution in [-0.4, -0.2) is 37.6 Å². The van der Waals surface area contributed by atoms with E-state index < -0.39 is 0 Å². The maximum Gasteiger partial charge on any atom is 0.267 e. The minimum Gasteiger partial charge on any atom is -0.366 e. The molecular formula is C19H20N4O2S2. The fourth-order valence-corrected chi connectivity index (χ4v) is 4.03. The summed E-state index contributed by atoms with van der Waals surface area (Å²) < 4.78 is 2.01. The predicted molar refractivity (Wildman–Crippen MR) is 115 cm³/mol. The summed E-state index contributed by atoms with van der Waals surface area (Å²) in [5, 5.41) is 3.09. The average Bonchev–Trinajstić information content (AvgIpc) is 2.91. The highest BCUT2D eigenvalue weighted by Crippen LogP contribution is 2.33. The minimum atomic E-state index is -0.240. The maximum absolute atomic E-state index is 13.1. The van der Waals surface area contributed by atoms with E-state index in [2.05, 4.69) is 16.9 Å². The first-order valence-electron chi connectivity index (χ1n) is 8.59. The third-order valence-corrected chi connectivity index (χ3v) is 5.39. The summed E-state index contributed by atoms with van der Waals surface area (Å²) in [5.41, 5.74) is 1.57. The van der Waals surface area contributed by atoms with Gasteiger partial charge in [0.2, 0.25) is 0 Å². The molecule has 0 bridgehead atoms. The van der Waals surface area contributed by atoms with Crippen molar-refractivity contribution in [3.05, 3.63) is 57.4 Å². The fraction of sp³-hybridized carbons (Fsp3) is 0.263. The first kappa shape index (κ1) is 19.3. The number of carbonyl (C=O) groups excluding carboxylic acids is 1. The Labute approximate surface area is 167 Å². The SMILES string of the molecule is C=CCNc1nc2ccc(C)cn2c(=O)c1C=C1SC(=S)N(CCC)C1=O. The van der Waals surface area contributed by atoms with Gasteiger partial charge in [-0.05, 0) is 31.1 Å². The molecule has 3 heterocycles. The lowest BCUT2D eigenvalue weighted by atomic mass is 10.2. The second kappa shape index (κ2) is 8.06. The van der Waals surface area contributed by atoms with Crippen LogP contribution in [0.4, 0.5) is 5.82 Å². The van der Waals surface area contributed by atoms with Gasteiger partial charge in [0.25, 0.3) is 11.5 Å². The Morgan fingerprint density at radius 2 is 2.15 bits per heavy atom. The number of aryl methyl sites for hydroxylation is 1. The van der Waals surface area contributed by atoms with Gasteiger partial charge in [-0.3, -0.25) is 18.9 Å². The van der Waals surface area contributed by atoms with Crippen molar-refractivity contribution in [2.45, 2.75) is 20.3 Å². The van der Waals surface area contributed by atoms with Gasteiger partial charge < -0.3 is 5.32 Å². The van der Waals surface area contributed by atoms with Crippen molar-refractivity contribution in [3.63, 3.8) is 0 Å². The van der Waals surface area contributed by atoms with Crippen LogP contribution in [0.5, 0.6) is 0 Å². The fourth-order valence-electron chi connectivity index (χ4n) is 2.74. The summed E-state index contributed by atoms with van der Waals surface area (Å²) in [7, 11) is 0. The molecular weight excluding hydrogens is 380 g/mol. The standard InChI is InChI=1S/C19H20N4O2S2/c1-4-8-20-16-13(10-14-18(25)22(9-5-2)19(26)27-14)17(24)23-11-12(3)6-7-15(23)21-16/h4,6-7,10-11,20H,1,5,8-9H2,2-3H3. The predicted octanol–water partition coefficient (Wildman–Crippen LogP) is 3.21. The van der Waals surface area contributed by atoms with Gasteiger partial charge in [0.1, 0.15) is 15.8 Å². The normalized spacial score (nSPS) is 15.8. The van der Waals surface area contributed by atoms with Crippen LogP contribution in [0.3, 0.4) is 0 Å². The molecule has 0 saturated carbocycles. The molecule has 0 atom stereocenters. The van der Waals surface area contributed by atoms with Crippen LogP contribution in [0.25, 0.3) is 11.7 Å². The van der Waals surface area contributed by atoms with Gasteiger partial charge in [0.15, 0.2) is 0 Å². The Morgan fingerprint density at radius 3 is 2.85 bits per heavy atom. The molecule has 0 spiro atoms. The molecule has 0 unspecified atom stereocenters. The lowest BCUT2D eigenvalue weighted by Crippen LogP contribution is -2.28. The lowest BCUT2D eigenvalue weighted by molar-refractivity contribution is -0.122. The second-order valence-electron chi connectivity index (χ2n) is 6.12. The van der Waals surface area contributed by atoms with Crippen molar-refractivity contribution in [1.29, 1.82) is 0 Å². The highest BCUT2D eigenvalue weighted by Gasteiger charge is 2.31. The third-order valence-electron chi connectivity index (χ3n) is 4.02. The number of hydrogen-bond acceptors (Lipinski definition) is 6. The lowest BCUT2D eigenvalue weighted by Gasteiger charge is -2.12. The van der Waals surface area contributed by atoms with Crippen LogP contribution >= 0.6 is 24.0 Å². The van der Waals surface area contributed by atoms with E-state index >= 15 is 0 Å². The van der Waals surface area contributed by atoms with E-state index in [-0.39, 0.29) is 11.5 Å². The van der Waals surface area contributed by atoms with Gasteiger partial charge >= 0.3 is 0 Å². The molecule has 2 aromatic rings. The van der Waals surface area contributed by atoms with Crippen molar-refractivity contribution < 1.29 is 4.79 Å². The minimum absolute atomic E-state index is 0.171. The van der Waals surface area contributed by atoms with Gasteiger partial charge in [-0.1, -0.05) is 43.0 Å². The topological polar surface area (TPSA) is 66.7 Å². The molecule has 6 nitrogen and oxygen atoms in total. The first-order chi connectivity index (χ1) is 13.0. The molecule has 140 valence electrons. The number of hydrogen-bond donors (Lipinski definition) is 1. The molecule has 1 aliphatic rings. The molecule has 0 aliphatic carbocycles. The van der Waals surface area contributed by atoms with Crippen molar-refractivity contribution in [2.24, 2.45) is 0 Å². The number of amides is 1. The largest absolute Gasteiger partial charge is 0.366 e. The molecule has 8 heteroatoms. The van der Waals surface area contributed by atoms with E-state index in [1.54, 1.807) is 29.3 Å². The zero-order valence-corrected chi connectivity index (χ0v) is 16.8. The Hall–Kier alpha value is -2.45. The Morgan fingerprint density at radius 1 is 1.37 bits per heavy atom. The molecule has 1 N–H and O–H groups in total. The number of anilines is 1. The highest BCUT2D eigenvalue weighted by molar-refractivity contribution is 8.26. The zero-order chi connectivity index (χ0) is 19.6. The van der Waals surface area contributed by atoms with E-state index in [0.29, 0.717) is 39.3 Å². The van der Waals surface area contributed by atoms with Crippen molar-refractivity contribution >= 4 is 51.7 Å². The molecule has 1 aliphatic heterocycles. The van der Waals surface area contributed by atoms with E-state index in [1.807, 2.05) is 19.9 Å². The highest BCUT2D eigenvalue weighted by atomic mass is 32.2. The molecule has 0 aromatic carbocycles. The van der Waals surface area contributed by atoms with Gasteiger partial charge in [-0.15, -0.1) is 6.58 Å². The summed E-state index contributed by atoms with van der Waals surface area (Å²) >= 11 is 6.52. The number of aromatic nitrogens is 2. The van der Waals surface area contributed by atoms with Crippen LogP contribution in [0.15, 0.2) is 40.7 Å². The third kappa shape index (κ3) is 3.81. The van der Waals surface area contributed by atoms with Gasteiger partial charge in [-0.25, -0.2) is 4.98 Å². The van der Waals surface area contributed by atoms with E-state index in [4.69, 9.17) is 12.2 Å². The van der Waals surface area contributed by atoms with Gasteiger partial charge in [0.05, 0.1) is 10.5 Å². The monoisotopic (exact) mass is 400 g/mol. The maximum atomic E-state index is 13.1. The molecule has 1 fully saturated rings. The summed E-state index contributed by atoms with van der Waals surface area (Å²) in [5.74, 6) is 0.250. The molecule has 0 radical (unpaired) electrons. The molecule has 1 saturated heterocycles. The van der Waals surface area contributed by atoms with E-state index in [1.165, 1.54) is 16.2 Å². The summed E-state index contributed by atoms with van der Waals surface area (Å²) in [6, 6.07) is 3.69. The Kier molecular flexibility index (Phi) is 5.76. The average molecular weight is 401 g/mol. The summed E-state index contributed by atoms with van der Waals surface area (Å²) in [4.78, 5) is 32.3. The van der Waals surface area contributed by atoms with E-state index in [9.17, 15) is 9.59 Å². The van der Waals surface area contributed by atoms with Crippen LogP contribution < -0.4 is 10.9 Å². The number of nitrogens with zero attached hydrogens (tertiary/aromatic N) is 3. The van der Waals surface area contributed by atoms with Crippen LogP contribution in [-0.2, 0) is 4.79 Å².